The molecule has 0 amide bonds. The molecule has 1 aromatic rings. The van der Waals surface area contributed by atoms with Crippen molar-refractivity contribution < 1.29 is 4.74 Å². The van der Waals surface area contributed by atoms with Crippen molar-refractivity contribution in [3.63, 3.8) is 0 Å². The topological polar surface area (TPSA) is 12.5 Å². The molecular weight excluding hydrogens is 274 g/mol. The molecule has 1 saturated heterocycles. The predicted molar refractivity (Wildman–Crippen MR) is 67.3 cm³/mol. The van der Waals surface area contributed by atoms with Crippen molar-refractivity contribution in [2.45, 2.75) is 25.4 Å². The minimum atomic E-state index is 0.694. The zero-order valence-electron chi connectivity index (χ0n) is 8.91. The molecule has 0 N–H and O–H groups in total. The Hall–Kier alpha value is 0.1000. The van der Waals surface area contributed by atoms with Crippen LogP contribution in [0.3, 0.4) is 0 Å². The van der Waals surface area contributed by atoms with Crippen molar-refractivity contribution in [1.82, 2.24) is 4.90 Å². The molecule has 1 aliphatic heterocycles. The summed E-state index contributed by atoms with van der Waals surface area (Å²) in [5.74, 6) is 0. The Morgan fingerprint density at radius 3 is 2.87 bits per heavy atom. The zero-order chi connectivity index (χ0) is 10.7. The minimum Gasteiger partial charge on any atom is -0.381 e. The Labute approximate surface area is 103 Å². The van der Waals surface area contributed by atoms with E-state index in [0.29, 0.717) is 6.04 Å². The van der Waals surface area contributed by atoms with E-state index >= 15 is 0 Å². The first kappa shape index (κ1) is 11.6. The van der Waals surface area contributed by atoms with Gasteiger partial charge in [-0.1, -0.05) is 0 Å². The van der Waals surface area contributed by atoms with E-state index in [2.05, 4.69) is 39.3 Å². The normalized spacial score (nSPS) is 18.6. The average molecular weight is 290 g/mol. The molecule has 1 fully saturated rings. The lowest BCUT2D eigenvalue weighted by atomic mass is 10.1. The zero-order valence-corrected chi connectivity index (χ0v) is 11.3. The number of hydrogen-bond acceptors (Lipinski definition) is 3. The summed E-state index contributed by atoms with van der Waals surface area (Å²) in [4.78, 5) is 3.87. The van der Waals surface area contributed by atoms with Gasteiger partial charge < -0.3 is 4.74 Å². The first-order chi connectivity index (χ1) is 7.25. The lowest BCUT2D eigenvalue weighted by molar-refractivity contribution is 0.0410. The molecule has 0 unspecified atom stereocenters. The maximum Gasteiger partial charge on any atom is 0.0480 e. The van der Waals surface area contributed by atoms with Gasteiger partial charge in [0, 0.05) is 40.5 Å². The van der Waals surface area contributed by atoms with E-state index in [1.165, 1.54) is 22.2 Å². The molecule has 0 bridgehead atoms. The fourth-order valence-corrected chi connectivity index (χ4v) is 3.45. The van der Waals surface area contributed by atoms with Crippen LogP contribution in [0.5, 0.6) is 0 Å². The van der Waals surface area contributed by atoms with Gasteiger partial charge >= 0.3 is 0 Å². The van der Waals surface area contributed by atoms with Crippen molar-refractivity contribution >= 4 is 27.3 Å². The number of rotatable bonds is 3. The van der Waals surface area contributed by atoms with Crippen molar-refractivity contribution in [3.8, 4) is 0 Å². The Morgan fingerprint density at radius 1 is 1.53 bits per heavy atom. The lowest BCUT2D eigenvalue weighted by Gasteiger charge is -2.30. The SMILES string of the molecule is CN(Cc1cc(Br)cs1)C1CCOCC1. The summed E-state index contributed by atoms with van der Waals surface area (Å²) in [6, 6.07) is 2.90. The summed E-state index contributed by atoms with van der Waals surface area (Å²) < 4.78 is 6.57. The minimum absolute atomic E-state index is 0.694. The third kappa shape index (κ3) is 3.28. The summed E-state index contributed by atoms with van der Waals surface area (Å²) in [6.07, 6.45) is 2.34. The van der Waals surface area contributed by atoms with Crippen molar-refractivity contribution in [1.29, 1.82) is 0 Å². The molecule has 0 spiro atoms. The molecule has 0 aliphatic carbocycles. The van der Waals surface area contributed by atoms with Gasteiger partial charge in [0.1, 0.15) is 0 Å². The monoisotopic (exact) mass is 289 g/mol. The second-order valence-electron chi connectivity index (χ2n) is 3.99. The summed E-state index contributed by atoms with van der Waals surface area (Å²) in [7, 11) is 2.21. The molecule has 84 valence electrons. The van der Waals surface area contributed by atoms with Crippen LogP contribution in [0.4, 0.5) is 0 Å². The number of ether oxygens (including phenoxy) is 1. The molecule has 0 radical (unpaired) electrons. The van der Waals surface area contributed by atoms with Crippen LogP contribution in [0.15, 0.2) is 15.9 Å². The number of halogens is 1. The van der Waals surface area contributed by atoms with E-state index in [1.807, 2.05) is 11.3 Å². The highest BCUT2D eigenvalue weighted by Gasteiger charge is 2.18. The summed E-state index contributed by atoms with van der Waals surface area (Å²) >= 11 is 5.31. The Kier molecular flexibility index (Phi) is 4.20. The Balaban J connectivity index is 1.88. The van der Waals surface area contributed by atoms with Gasteiger partial charge in [-0.15, -0.1) is 11.3 Å². The molecule has 4 heteroatoms. The molecule has 2 nitrogen and oxygen atoms in total. The third-order valence-electron chi connectivity index (χ3n) is 2.84. The standard InChI is InChI=1S/C11H16BrNOS/c1-13(10-2-4-14-5-3-10)7-11-6-9(12)8-15-11/h6,8,10H,2-5,7H2,1H3. The highest BCUT2D eigenvalue weighted by molar-refractivity contribution is 9.10. The van der Waals surface area contributed by atoms with Crippen LogP contribution in [-0.4, -0.2) is 31.2 Å². The molecule has 0 saturated carbocycles. The maximum atomic E-state index is 5.37. The Morgan fingerprint density at radius 2 is 2.27 bits per heavy atom. The summed E-state index contributed by atoms with van der Waals surface area (Å²) in [5.41, 5.74) is 0. The van der Waals surface area contributed by atoms with Crippen LogP contribution in [0, 0.1) is 0 Å². The predicted octanol–water partition coefficient (Wildman–Crippen LogP) is 3.12. The van der Waals surface area contributed by atoms with Gasteiger partial charge in [-0.05, 0) is 41.9 Å². The summed E-state index contributed by atoms with van der Waals surface area (Å²) in [6.45, 7) is 2.90. The van der Waals surface area contributed by atoms with E-state index in [9.17, 15) is 0 Å². The van der Waals surface area contributed by atoms with Gasteiger partial charge in [0.15, 0.2) is 0 Å². The van der Waals surface area contributed by atoms with E-state index in [1.54, 1.807) is 0 Å². The highest BCUT2D eigenvalue weighted by Crippen LogP contribution is 2.23. The van der Waals surface area contributed by atoms with Gasteiger partial charge in [0.05, 0.1) is 0 Å². The summed E-state index contributed by atoms with van der Waals surface area (Å²) in [5, 5.41) is 2.15. The first-order valence-corrected chi connectivity index (χ1v) is 6.94. The van der Waals surface area contributed by atoms with Crippen molar-refractivity contribution in [2.75, 3.05) is 20.3 Å². The molecular formula is C11H16BrNOS. The van der Waals surface area contributed by atoms with E-state index in [4.69, 9.17) is 4.74 Å². The second kappa shape index (κ2) is 5.43. The van der Waals surface area contributed by atoms with Crippen molar-refractivity contribution in [2.24, 2.45) is 0 Å². The lowest BCUT2D eigenvalue weighted by Crippen LogP contribution is -2.35. The molecule has 0 atom stereocenters. The van der Waals surface area contributed by atoms with Gasteiger partial charge in [-0.3, -0.25) is 4.90 Å². The Bertz CT molecular complexity index is 309. The molecule has 1 aliphatic rings. The van der Waals surface area contributed by atoms with Crippen LogP contribution >= 0.6 is 27.3 Å². The van der Waals surface area contributed by atoms with E-state index in [-0.39, 0.29) is 0 Å². The van der Waals surface area contributed by atoms with E-state index in [0.717, 1.165) is 19.8 Å². The molecule has 2 heterocycles. The van der Waals surface area contributed by atoms with Crippen molar-refractivity contribution in [3.05, 3.63) is 20.8 Å². The van der Waals surface area contributed by atoms with Gasteiger partial charge in [0.2, 0.25) is 0 Å². The average Bonchev–Trinajstić information content (AvgIpc) is 2.65. The number of hydrogen-bond donors (Lipinski definition) is 0. The molecule has 2 rings (SSSR count). The largest absolute Gasteiger partial charge is 0.381 e. The van der Waals surface area contributed by atoms with Gasteiger partial charge in [0.25, 0.3) is 0 Å². The van der Waals surface area contributed by atoms with Gasteiger partial charge in [-0.2, -0.15) is 0 Å². The van der Waals surface area contributed by atoms with Gasteiger partial charge in [-0.25, -0.2) is 0 Å². The number of nitrogens with zero attached hydrogens (tertiary/aromatic N) is 1. The third-order valence-corrected chi connectivity index (χ3v) is 4.52. The van der Waals surface area contributed by atoms with Crippen LogP contribution in [-0.2, 0) is 11.3 Å². The smallest absolute Gasteiger partial charge is 0.0480 e. The van der Waals surface area contributed by atoms with E-state index < -0.39 is 0 Å². The molecule has 0 aromatic carbocycles. The van der Waals surface area contributed by atoms with Crippen LogP contribution < -0.4 is 0 Å². The quantitative estimate of drug-likeness (QED) is 0.848. The number of thiophene rings is 1. The first-order valence-electron chi connectivity index (χ1n) is 5.26. The second-order valence-corrected chi connectivity index (χ2v) is 5.90. The maximum absolute atomic E-state index is 5.37. The van der Waals surface area contributed by atoms with Crippen LogP contribution in [0.25, 0.3) is 0 Å². The fraction of sp³-hybridized carbons (Fsp3) is 0.636. The van der Waals surface area contributed by atoms with Crippen LogP contribution in [0.2, 0.25) is 0 Å². The fourth-order valence-electron chi connectivity index (χ4n) is 1.94. The van der Waals surface area contributed by atoms with Crippen LogP contribution in [0.1, 0.15) is 17.7 Å². The molecule has 15 heavy (non-hydrogen) atoms. The molecule has 1 aromatic heterocycles. The highest BCUT2D eigenvalue weighted by atomic mass is 79.9.